The van der Waals surface area contributed by atoms with Gasteiger partial charge in [0.25, 0.3) is 0 Å². The molecule has 0 saturated heterocycles. The van der Waals surface area contributed by atoms with Gasteiger partial charge in [0.1, 0.15) is 5.78 Å². The molecule has 0 heterocycles. The van der Waals surface area contributed by atoms with Crippen LogP contribution in [0.25, 0.3) is 0 Å². The average molecular weight is 373 g/mol. The number of nitrogens with one attached hydrogen (secondary N) is 2. The number of hydrogen-bond donors (Lipinski definition) is 2. The number of carbonyl (C=O) groups excluding carboxylic acids is 3. The number of amides is 2. The second-order valence-electron chi connectivity index (χ2n) is 7.58. The fourth-order valence-electron chi connectivity index (χ4n) is 3.19. The highest BCUT2D eigenvalue weighted by atomic mass is 16.5. The molecule has 0 spiro atoms. The smallest absolute Gasteiger partial charge is 0.222 e. The summed E-state index contributed by atoms with van der Waals surface area (Å²) >= 11 is 0. The molecule has 154 valence electrons. The summed E-state index contributed by atoms with van der Waals surface area (Å²) in [5.74, 6) is 1.11. The van der Waals surface area contributed by atoms with Gasteiger partial charge in [0, 0.05) is 40.6 Å². The minimum Gasteiger partial charge on any atom is -0.379 e. The van der Waals surface area contributed by atoms with Gasteiger partial charge in [-0.2, -0.15) is 0 Å². The molecule has 1 aliphatic carbocycles. The summed E-state index contributed by atoms with van der Waals surface area (Å²) in [6.45, 7) is 7.36. The molecule has 1 fully saturated rings. The fraction of sp³-hybridized carbons (Fsp3) is 0.850. The quantitative estimate of drug-likeness (QED) is 0.516. The number of ether oxygens (including phenoxy) is 1. The normalized spacial score (nSPS) is 20.0. The van der Waals surface area contributed by atoms with Crippen LogP contribution in [0.2, 0.25) is 0 Å². The summed E-state index contributed by atoms with van der Waals surface area (Å²) in [6.07, 6.45) is 5.89. The molecule has 0 unspecified atom stereocenters. The van der Waals surface area contributed by atoms with Crippen LogP contribution in [0.15, 0.2) is 0 Å². The molecule has 1 saturated carbocycles. The second-order valence-corrected chi connectivity index (χ2v) is 7.58. The van der Waals surface area contributed by atoms with Crippen LogP contribution in [0.3, 0.4) is 0 Å². The summed E-state index contributed by atoms with van der Waals surface area (Å²) in [7, 11) is 0. The van der Waals surface area contributed by atoms with Crippen molar-refractivity contribution >= 4 is 17.6 Å². The first-order valence-electron chi connectivity index (χ1n) is 10.1. The van der Waals surface area contributed by atoms with Crippen molar-refractivity contribution in [2.24, 2.45) is 11.8 Å². The van der Waals surface area contributed by atoms with E-state index in [9.17, 15) is 14.4 Å². The number of ketones is 1. The molecule has 0 radical (unpaired) electrons. The molecule has 0 aromatic rings. The van der Waals surface area contributed by atoms with Crippen molar-refractivity contribution in [3.8, 4) is 0 Å². The van der Waals surface area contributed by atoms with Crippen LogP contribution < -0.4 is 10.6 Å². The van der Waals surface area contributed by atoms with E-state index in [-0.39, 0.29) is 26.6 Å². The average Bonchev–Trinajstić information content (AvgIpc) is 2.62. The Bertz CT molecular complexity index is 453. The molecule has 0 aliphatic heterocycles. The van der Waals surface area contributed by atoms with E-state index < -0.39 is 0 Å². The Morgan fingerprint density at radius 3 is 2.35 bits per heavy atom. The van der Waals surface area contributed by atoms with Gasteiger partial charge in [0.05, 0.1) is 13.2 Å². The molecule has 2 N–H and O–H groups in total. The van der Waals surface area contributed by atoms with E-state index in [0.29, 0.717) is 50.7 Å². The van der Waals surface area contributed by atoms with Crippen molar-refractivity contribution in [2.75, 3.05) is 19.8 Å². The summed E-state index contributed by atoms with van der Waals surface area (Å²) in [6, 6.07) is 0.184. The van der Waals surface area contributed by atoms with Crippen molar-refractivity contribution in [3.63, 3.8) is 0 Å². The Labute approximate surface area is 160 Å². The zero-order chi connectivity index (χ0) is 19.4. The zero-order valence-corrected chi connectivity index (χ0v) is 16.6. The lowest BCUT2D eigenvalue weighted by Crippen LogP contribution is -2.39. The van der Waals surface area contributed by atoms with Gasteiger partial charge in [-0.3, -0.25) is 14.4 Å². The minimum absolute atomic E-state index is 0. The fourth-order valence-corrected chi connectivity index (χ4v) is 3.19. The second kappa shape index (κ2) is 12.8. The minimum atomic E-state index is -0.00348. The molecule has 2 amide bonds. The molecule has 1 rings (SSSR count). The lowest BCUT2D eigenvalue weighted by atomic mass is 9.83. The topological polar surface area (TPSA) is 84.5 Å². The number of carbonyl (C=O) groups is 3. The maximum atomic E-state index is 11.9. The molecule has 6 nitrogen and oxygen atoms in total. The van der Waals surface area contributed by atoms with Gasteiger partial charge in [0.2, 0.25) is 11.8 Å². The summed E-state index contributed by atoms with van der Waals surface area (Å²) in [4.78, 5) is 35.2. The molecule has 0 bridgehead atoms. The first-order chi connectivity index (χ1) is 12.4. The lowest BCUT2D eigenvalue weighted by Gasteiger charge is -2.28. The maximum absolute atomic E-state index is 11.9. The van der Waals surface area contributed by atoms with E-state index in [4.69, 9.17) is 4.74 Å². The zero-order valence-electron chi connectivity index (χ0n) is 16.6. The molecule has 0 aromatic heterocycles. The number of hydrogen-bond acceptors (Lipinski definition) is 4. The Morgan fingerprint density at radius 2 is 1.73 bits per heavy atom. The van der Waals surface area contributed by atoms with Crippen LogP contribution in [0.4, 0.5) is 0 Å². The number of rotatable bonds is 12. The summed E-state index contributed by atoms with van der Waals surface area (Å²) in [5.41, 5.74) is 0. The SMILES string of the molecule is CCC(=O)C1CCC(NC(=O)CCOCCNC(=O)CCC(C)C)CC1.[HH].[HH]. The van der Waals surface area contributed by atoms with E-state index in [1.807, 2.05) is 6.92 Å². The lowest BCUT2D eigenvalue weighted by molar-refractivity contribution is -0.125. The Kier molecular flexibility index (Phi) is 11.2. The Morgan fingerprint density at radius 1 is 1.04 bits per heavy atom. The molecule has 1 aliphatic rings. The molecule has 26 heavy (non-hydrogen) atoms. The van der Waals surface area contributed by atoms with Gasteiger partial charge in [-0.05, 0) is 38.0 Å². The Balaban J connectivity index is 0. The predicted molar refractivity (Wildman–Crippen MR) is 106 cm³/mol. The maximum Gasteiger partial charge on any atom is 0.222 e. The highest BCUT2D eigenvalue weighted by Gasteiger charge is 2.25. The molecular weight excluding hydrogens is 332 g/mol. The molecular formula is C20H40N2O4. The third-order valence-electron chi connectivity index (χ3n) is 4.89. The van der Waals surface area contributed by atoms with Crippen molar-refractivity contribution in [3.05, 3.63) is 0 Å². The van der Waals surface area contributed by atoms with E-state index in [1.54, 1.807) is 0 Å². The molecule has 0 aromatic carbocycles. The highest BCUT2D eigenvalue weighted by Crippen LogP contribution is 2.25. The monoisotopic (exact) mass is 372 g/mol. The van der Waals surface area contributed by atoms with Crippen LogP contribution >= 0.6 is 0 Å². The molecule has 0 atom stereocenters. The largest absolute Gasteiger partial charge is 0.379 e. The molecule has 6 heteroatoms. The Hall–Kier alpha value is -1.43. The predicted octanol–water partition coefficient (Wildman–Crippen LogP) is 3.09. The highest BCUT2D eigenvalue weighted by molar-refractivity contribution is 5.81. The van der Waals surface area contributed by atoms with E-state index >= 15 is 0 Å². The van der Waals surface area contributed by atoms with Gasteiger partial charge >= 0.3 is 0 Å². The van der Waals surface area contributed by atoms with E-state index in [0.717, 1.165) is 32.1 Å². The third kappa shape index (κ3) is 9.90. The first-order valence-corrected chi connectivity index (χ1v) is 10.1. The van der Waals surface area contributed by atoms with Crippen LogP contribution in [0.5, 0.6) is 0 Å². The standard InChI is InChI=1S/C20H36N2O4.2H2/c1-4-18(23)16-6-8-17(9-7-16)22-20(25)11-13-26-14-12-21-19(24)10-5-15(2)3;;/h15-17H,4-14H2,1-3H3,(H,21,24)(H,22,25);2*1H. The van der Waals surface area contributed by atoms with Gasteiger partial charge in [-0.25, -0.2) is 0 Å². The van der Waals surface area contributed by atoms with Gasteiger partial charge in [-0.15, -0.1) is 0 Å². The summed E-state index contributed by atoms with van der Waals surface area (Å²) in [5, 5.41) is 5.85. The van der Waals surface area contributed by atoms with Crippen LogP contribution in [-0.4, -0.2) is 43.4 Å². The van der Waals surface area contributed by atoms with Gasteiger partial charge in [0.15, 0.2) is 0 Å². The van der Waals surface area contributed by atoms with E-state index in [2.05, 4.69) is 24.5 Å². The van der Waals surface area contributed by atoms with Crippen molar-refractivity contribution in [1.82, 2.24) is 10.6 Å². The van der Waals surface area contributed by atoms with Crippen LogP contribution in [0.1, 0.15) is 75.0 Å². The third-order valence-corrected chi connectivity index (χ3v) is 4.89. The van der Waals surface area contributed by atoms with E-state index in [1.165, 1.54) is 0 Å². The van der Waals surface area contributed by atoms with Crippen LogP contribution in [0, 0.1) is 11.8 Å². The summed E-state index contributed by atoms with van der Waals surface area (Å²) < 4.78 is 5.41. The number of Topliss-reactive ketones (excluding diaryl/α,β-unsaturated/α-hetero) is 1. The van der Waals surface area contributed by atoms with Crippen molar-refractivity contribution in [2.45, 2.75) is 78.2 Å². The first kappa shape index (κ1) is 22.6. The van der Waals surface area contributed by atoms with Gasteiger partial charge < -0.3 is 15.4 Å². The van der Waals surface area contributed by atoms with Crippen LogP contribution in [-0.2, 0) is 19.1 Å². The van der Waals surface area contributed by atoms with Gasteiger partial charge in [-0.1, -0.05) is 20.8 Å². The van der Waals surface area contributed by atoms with Crippen molar-refractivity contribution < 1.29 is 22.0 Å². The van der Waals surface area contributed by atoms with Crippen molar-refractivity contribution in [1.29, 1.82) is 0 Å².